The predicted octanol–water partition coefficient (Wildman–Crippen LogP) is 7.04. The molecule has 1 heterocycles. The molecule has 0 radical (unpaired) electrons. The van der Waals surface area contributed by atoms with Gasteiger partial charge in [-0.25, -0.2) is 4.98 Å². The predicted molar refractivity (Wildman–Crippen MR) is 127 cm³/mol. The van der Waals surface area contributed by atoms with Crippen molar-refractivity contribution in [3.8, 4) is 11.8 Å². The lowest BCUT2D eigenvalue weighted by Crippen LogP contribution is -1.98. The molecule has 4 nitrogen and oxygen atoms in total. The molecule has 1 aromatic heterocycles. The van der Waals surface area contributed by atoms with Gasteiger partial charge in [0.1, 0.15) is 24.3 Å². The van der Waals surface area contributed by atoms with Crippen molar-refractivity contribution in [2.45, 2.75) is 13.5 Å². The number of benzene rings is 3. The Morgan fingerprint density at radius 2 is 1.90 bits per heavy atom. The molecule has 0 fully saturated rings. The van der Waals surface area contributed by atoms with E-state index < -0.39 is 0 Å². The van der Waals surface area contributed by atoms with Gasteiger partial charge in [0.2, 0.25) is 0 Å². The molecule has 148 valence electrons. The van der Waals surface area contributed by atoms with Crippen LogP contribution in [0.5, 0.6) is 5.75 Å². The molecule has 1 N–H and O–H groups in total. The summed E-state index contributed by atoms with van der Waals surface area (Å²) >= 11 is 7.11. The second-order valence-corrected chi connectivity index (χ2v) is 8.62. The largest absolute Gasteiger partial charge is 0.487 e. The minimum Gasteiger partial charge on any atom is -0.487 e. The Bertz CT molecular complexity index is 1250. The summed E-state index contributed by atoms with van der Waals surface area (Å²) in [6.45, 7) is 2.48. The number of halogens is 2. The van der Waals surface area contributed by atoms with Gasteiger partial charge in [-0.1, -0.05) is 57.9 Å². The number of aromatic amines is 1. The van der Waals surface area contributed by atoms with E-state index in [4.69, 9.17) is 4.74 Å². The minimum atomic E-state index is 0.424. The molecule has 0 aliphatic carbocycles. The summed E-state index contributed by atoms with van der Waals surface area (Å²) in [6, 6.07) is 22.0. The Balaban J connectivity index is 1.71. The Labute approximate surface area is 191 Å². The van der Waals surface area contributed by atoms with Gasteiger partial charge in [0.25, 0.3) is 0 Å². The van der Waals surface area contributed by atoms with Crippen molar-refractivity contribution in [2.75, 3.05) is 0 Å². The number of hydrogen-bond acceptors (Lipinski definition) is 3. The van der Waals surface area contributed by atoms with Gasteiger partial charge in [0.15, 0.2) is 0 Å². The number of imidazole rings is 1. The molecular weight excluding hydrogens is 506 g/mol. The van der Waals surface area contributed by atoms with E-state index in [-0.39, 0.29) is 0 Å². The summed E-state index contributed by atoms with van der Waals surface area (Å²) in [5.74, 6) is 1.20. The smallest absolute Gasteiger partial charge is 0.149 e. The van der Waals surface area contributed by atoms with Gasteiger partial charge in [-0.2, -0.15) is 5.26 Å². The monoisotopic (exact) mass is 521 g/mol. The zero-order chi connectivity index (χ0) is 21.1. The van der Waals surface area contributed by atoms with Crippen molar-refractivity contribution < 1.29 is 4.74 Å². The average molecular weight is 523 g/mol. The lowest BCUT2D eigenvalue weighted by Gasteiger charge is -2.13. The maximum Gasteiger partial charge on any atom is 0.149 e. The topological polar surface area (TPSA) is 61.7 Å². The lowest BCUT2D eigenvalue weighted by molar-refractivity contribution is 0.303. The normalized spacial score (nSPS) is 11.5. The summed E-state index contributed by atoms with van der Waals surface area (Å²) in [5, 5.41) is 9.79. The number of nitriles is 1. The highest BCUT2D eigenvalue weighted by Crippen LogP contribution is 2.35. The second kappa shape index (κ2) is 8.86. The summed E-state index contributed by atoms with van der Waals surface area (Å²) < 4.78 is 7.82. The minimum absolute atomic E-state index is 0.424. The Hall–Kier alpha value is -2.88. The number of rotatable bonds is 5. The van der Waals surface area contributed by atoms with E-state index in [1.54, 1.807) is 6.08 Å². The van der Waals surface area contributed by atoms with Crippen LogP contribution in [0.25, 0.3) is 22.7 Å². The van der Waals surface area contributed by atoms with E-state index in [2.05, 4.69) is 67.0 Å². The highest BCUT2D eigenvalue weighted by molar-refractivity contribution is 9.11. The van der Waals surface area contributed by atoms with E-state index in [0.29, 0.717) is 23.8 Å². The Morgan fingerprint density at radius 3 is 2.63 bits per heavy atom. The van der Waals surface area contributed by atoms with E-state index in [9.17, 15) is 5.26 Å². The number of fused-ring (bicyclic) bond motifs is 1. The number of nitrogens with one attached hydrogen (secondary N) is 1. The fourth-order valence-corrected chi connectivity index (χ4v) is 4.44. The van der Waals surface area contributed by atoms with Crippen LogP contribution in [-0.4, -0.2) is 9.97 Å². The third kappa shape index (κ3) is 4.48. The van der Waals surface area contributed by atoms with Crippen molar-refractivity contribution in [3.63, 3.8) is 0 Å². The molecule has 3 aromatic carbocycles. The van der Waals surface area contributed by atoms with E-state index >= 15 is 0 Å². The van der Waals surface area contributed by atoms with E-state index in [0.717, 1.165) is 31.1 Å². The number of aryl methyl sites for hydroxylation is 1. The summed E-state index contributed by atoms with van der Waals surface area (Å²) in [6.07, 6.45) is 1.79. The number of H-pyrrole nitrogens is 1. The first kappa shape index (κ1) is 20.4. The van der Waals surface area contributed by atoms with Gasteiger partial charge in [-0.3, -0.25) is 0 Å². The molecule has 0 spiro atoms. The highest BCUT2D eigenvalue weighted by atomic mass is 79.9. The molecule has 6 heteroatoms. The number of hydrogen-bond donors (Lipinski definition) is 1. The number of allylic oxidation sites excluding steroid dienone is 1. The first-order chi connectivity index (χ1) is 14.5. The summed E-state index contributed by atoms with van der Waals surface area (Å²) in [7, 11) is 0. The number of aromatic nitrogens is 2. The van der Waals surface area contributed by atoms with Crippen LogP contribution < -0.4 is 4.74 Å². The van der Waals surface area contributed by atoms with Crippen LogP contribution in [0.4, 0.5) is 0 Å². The number of para-hydroxylation sites is 2. The van der Waals surface area contributed by atoms with Gasteiger partial charge in [0.05, 0.1) is 21.1 Å². The van der Waals surface area contributed by atoms with Gasteiger partial charge >= 0.3 is 0 Å². The van der Waals surface area contributed by atoms with Crippen molar-refractivity contribution in [1.29, 1.82) is 5.26 Å². The molecule has 0 bridgehead atoms. The highest BCUT2D eigenvalue weighted by Gasteiger charge is 2.13. The van der Waals surface area contributed by atoms with Crippen LogP contribution in [0.3, 0.4) is 0 Å². The summed E-state index contributed by atoms with van der Waals surface area (Å²) in [4.78, 5) is 7.76. The van der Waals surface area contributed by atoms with Crippen LogP contribution in [0, 0.1) is 18.3 Å². The van der Waals surface area contributed by atoms with E-state index in [1.165, 1.54) is 5.56 Å². The van der Waals surface area contributed by atoms with Crippen molar-refractivity contribution >= 4 is 54.5 Å². The fraction of sp³-hybridized carbons (Fsp3) is 0.0833. The van der Waals surface area contributed by atoms with Gasteiger partial charge in [-0.15, -0.1) is 0 Å². The number of nitrogens with zero attached hydrogens (tertiary/aromatic N) is 2. The average Bonchev–Trinajstić information content (AvgIpc) is 3.16. The molecule has 4 aromatic rings. The molecule has 0 aliphatic rings. The molecule has 0 aliphatic heterocycles. The van der Waals surface area contributed by atoms with Gasteiger partial charge in [-0.05, 0) is 58.8 Å². The first-order valence-corrected chi connectivity index (χ1v) is 10.9. The zero-order valence-electron chi connectivity index (χ0n) is 16.1. The quantitative estimate of drug-likeness (QED) is 0.286. The molecule has 0 amide bonds. The molecule has 30 heavy (non-hydrogen) atoms. The van der Waals surface area contributed by atoms with Crippen molar-refractivity contribution in [2.24, 2.45) is 0 Å². The van der Waals surface area contributed by atoms with Crippen molar-refractivity contribution in [1.82, 2.24) is 9.97 Å². The maximum atomic E-state index is 9.79. The Kier molecular flexibility index (Phi) is 6.03. The molecule has 0 atom stereocenters. The van der Waals surface area contributed by atoms with Crippen LogP contribution in [-0.2, 0) is 6.61 Å². The fourth-order valence-electron chi connectivity index (χ4n) is 3.07. The van der Waals surface area contributed by atoms with Crippen LogP contribution in [0.2, 0.25) is 0 Å². The van der Waals surface area contributed by atoms with Gasteiger partial charge in [0, 0.05) is 10.0 Å². The van der Waals surface area contributed by atoms with Crippen LogP contribution >= 0.6 is 31.9 Å². The third-order valence-corrected chi connectivity index (χ3v) is 5.65. The third-order valence-electron chi connectivity index (χ3n) is 4.61. The van der Waals surface area contributed by atoms with Gasteiger partial charge < -0.3 is 9.72 Å². The zero-order valence-corrected chi connectivity index (χ0v) is 19.3. The second-order valence-electron chi connectivity index (χ2n) is 6.85. The first-order valence-electron chi connectivity index (χ1n) is 9.28. The maximum absolute atomic E-state index is 9.79. The SMILES string of the molecule is Cc1ccc(COc2c(Br)cc(Br)cc2/C=C(\C#N)c2nc3ccccc3[nH]2)cc1. The molecule has 0 saturated heterocycles. The molecule has 0 saturated carbocycles. The standard InChI is InChI=1S/C24H17Br2N3O/c1-15-6-8-16(9-7-15)14-30-23-17(11-19(25)12-20(23)26)10-18(13-27)24-28-21-4-2-3-5-22(21)29-24/h2-12H,14H2,1H3,(H,28,29)/b18-10+. The summed E-state index contributed by atoms with van der Waals surface area (Å²) in [5.41, 5.74) is 5.19. The van der Waals surface area contributed by atoms with Crippen LogP contribution in [0.1, 0.15) is 22.5 Å². The lowest BCUT2D eigenvalue weighted by atomic mass is 10.1. The van der Waals surface area contributed by atoms with Crippen LogP contribution in [0.15, 0.2) is 69.6 Å². The Morgan fingerprint density at radius 1 is 1.13 bits per heavy atom. The molecule has 0 unspecified atom stereocenters. The van der Waals surface area contributed by atoms with E-state index in [1.807, 2.05) is 48.5 Å². The molecule has 4 rings (SSSR count). The van der Waals surface area contributed by atoms with Crippen molar-refractivity contribution in [3.05, 3.63) is 92.1 Å². The molecular formula is C24H17Br2N3O. The number of ether oxygens (including phenoxy) is 1.